The van der Waals surface area contributed by atoms with Gasteiger partial charge in [0.25, 0.3) is 5.91 Å². The number of carbonyl (C=O) groups excluding carboxylic acids is 2. The first-order valence-corrected chi connectivity index (χ1v) is 10.7. The van der Waals surface area contributed by atoms with Crippen LogP contribution in [0.25, 0.3) is 6.08 Å². The van der Waals surface area contributed by atoms with Gasteiger partial charge in [-0.05, 0) is 37.8 Å². The standard InChI is InChI=1S/C18H19ClN2O4S2/c1-18(2)13(17(24)25)21-15(23)12(16(21)27-18)20-14(22)11(26-3)8-9-6-4-5-7-10(9)19/h4-8,12-13,16H,1-3H3,(H,20,22)(H,24,25)/b11-8-/t12-,13+,16-/m1/s1. The van der Waals surface area contributed by atoms with E-state index < -0.39 is 22.8 Å². The summed E-state index contributed by atoms with van der Waals surface area (Å²) < 4.78 is -0.624. The lowest BCUT2D eigenvalue weighted by molar-refractivity contribution is -0.160. The molecule has 0 bridgehead atoms. The van der Waals surface area contributed by atoms with Crippen LogP contribution in [0.2, 0.25) is 5.02 Å². The van der Waals surface area contributed by atoms with Gasteiger partial charge in [-0.2, -0.15) is 0 Å². The number of fused-ring (bicyclic) bond motifs is 1. The fraction of sp³-hybridized carbons (Fsp3) is 0.389. The van der Waals surface area contributed by atoms with Gasteiger partial charge in [0.05, 0.1) is 4.91 Å². The summed E-state index contributed by atoms with van der Waals surface area (Å²) in [5, 5.41) is 12.4. The van der Waals surface area contributed by atoms with E-state index in [0.717, 1.165) is 0 Å². The van der Waals surface area contributed by atoms with Crippen molar-refractivity contribution in [3.8, 4) is 0 Å². The number of β-lactam (4-membered cyclic amide) rings is 1. The Morgan fingerprint density at radius 2 is 2.04 bits per heavy atom. The fourth-order valence-electron chi connectivity index (χ4n) is 3.31. The van der Waals surface area contributed by atoms with Gasteiger partial charge >= 0.3 is 5.97 Å². The fourth-order valence-corrected chi connectivity index (χ4v) is 5.61. The van der Waals surface area contributed by atoms with Crippen LogP contribution in [0.4, 0.5) is 0 Å². The quantitative estimate of drug-likeness (QED) is 0.556. The molecule has 2 heterocycles. The molecule has 6 nitrogen and oxygen atoms in total. The molecule has 2 aliphatic heterocycles. The number of thioether (sulfide) groups is 2. The van der Waals surface area contributed by atoms with Gasteiger partial charge in [0.15, 0.2) is 0 Å². The average molecular weight is 427 g/mol. The second-order valence-electron chi connectivity index (χ2n) is 6.78. The third kappa shape index (κ3) is 3.58. The summed E-state index contributed by atoms with van der Waals surface area (Å²) in [4.78, 5) is 38.5. The molecule has 2 fully saturated rings. The van der Waals surface area contributed by atoms with Crippen molar-refractivity contribution in [2.75, 3.05) is 6.26 Å². The lowest BCUT2D eigenvalue weighted by atomic mass is 9.96. The molecule has 0 aliphatic carbocycles. The molecule has 0 spiro atoms. The Labute approximate surface area is 170 Å². The van der Waals surface area contributed by atoms with Crippen LogP contribution >= 0.6 is 35.1 Å². The minimum absolute atomic E-state index is 0.364. The number of nitrogens with zero attached hydrogens (tertiary/aromatic N) is 1. The van der Waals surface area contributed by atoms with Gasteiger partial charge in [-0.1, -0.05) is 29.8 Å². The monoisotopic (exact) mass is 426 g/mol. The molecule has 9 heteroatoms. The number of amides is 2. The number of aliphatic carboxylic acids is 1. The molecule has 2 saturated heterocycles. The van der Waals surface area contributed by atoms with Crippen molar-refractivity contribution >= 4 is 59.0 Å². The van der Waals surface area contributed by atoms with Crippen molar-refractivity contribution in [1.82, 2.24) is 10.2 Å². The summed E-state index contributed by atoms with van der Waals surface area (Å²) in [6.45, 7) is 3.59. The van der Waals surface area contributed by atoms with E-state index in [0.29, 0.717) is 15.5 Å². The van der Waals surface area contributed by atoms with Crippen LogP contribution in [-0.2, 0) is 14.4 Å². The van der Waals surface area contributed by atoms with E-state index in [1.54, 1.807) is 44.4 Å². The molecule has 1 aromatic carbocycles. The SMILES string of the molecule is CS/C(=C\c1ccccc1Cl)C(=O)N[C@@H]1C(=O)N2[C@@H]1SC(C)(C)[C@@H]2C(=O)O. The maximum Gasteiger partial charge on any atom is 0.327 e. The molecule has 27 heavy (non-hydrogen) atoms. The number of halogens is 1. The largest absolute Gasteiger partial charge is 0.480 e. The van der Waals surface area contributed by atoms with E-state index in [9.17, 15) is 19.5 Å². The molecule has 144 valence electrons. The number of benzene rings is 1. The first-order valence-electron chi connectivity index (χ1n) is 8.21. The van der Waals surface area contributed by atoms with Crippen LogP contribution in [0.3, 0.4) is 0 Å². The van der Waals surface area contributed by atoms with Gasteiger partial charge in [-0.25, -0.2) is 4.79 Å². The highest BCUT2D eigenvalue weighted by molar-refractivity contribution is 8.03. The summed E-state index contributed by atoms with van der Waals surface area (Å²) in [6, 6.07) is 5.54. The third-order valence-corrected chi connectivity index (χ3v) is 7.26. The summed E-state index contributed by atoms with van der Waals surface area (Å²) in [7, 11) is 0. The zero-order valence-corrected chi connectivity index (χ0v) is 17.3. The van der Waals surface area contributed by atoms with Crippen LogP contribution < -0.4 is 5.32 Å². The Hall–Kier alpha value is -1.64. The highest BCUT2D eigenvalue weighted by Gasteiger charge is 2.64. The van der Waals surface area contributed by atoms with E-state index in [1.165, 1.54) is 28.4 Å². The van der Waals surface area contributed by atoms with Crippen LogP contribution in [0, 0.1) is 0 Å². The van der Waals surface area contributed by atoms with Crippen molar-refractivity contribution in [2.45, 2.75) is 36.1 Å². The zero-order chi connectivity index (χ0) is 19.9. The van der Waals surface area contributed by atoms with E-state index >= 15 is 0 Å². The Morgan fingerprint density at radius 1 is 1.37 bits per heavy atom. The molecule has 0 aromatic heterocycles. The van der Waals surface area contributed by atoms with Gasteiger partial charge in [0.1, 0.15) is 17.5 Å². The van der Waals surface area contributed by atoms with Crippen LogP contribution in [0.15, 0.2) is 29.2 Å². The number of nitrogens with one attached hydrogen (secondary N) is 1. The number of hydrogen-bond donors (Lipinski definition) is 2. The topological polar surface area (TPSA) is 86.7 Å². The number of carbonyl (C=O) groups is 3. The first-order chi connectivity index (χ1) is 12.7. The summed E-state index contributed by atoms with van der Waals surface area (Å²) in [6.07, 6.45) is 3.44. The van der Waals surface area contributed by atoms with E-state index in [4.69, 9.17) is 11.6 Å². The molecule has 0 unspecified atom stereocenters. The van der Waals surface area contributed by atoms with Crippen LogP contribution in [0.5, 0.6) is 0 Å². The number of carboxylic acid groups (broad SMARTS) is 1. The molecule has 0 radical (unpaired) electrons. The van der Waals surface area contributed by atoms with Crippen molar-refractivity contribution in [3.05, 3.63) is 39.8 Å². The third-order valence-electron chi connectivity index (χ3n) is 4.60. The Morgan fingerprint density at radius 3 is 2.63 bits per heavy atom. The second kappa shape index (κ2) is 7.41. The van der Waals surface area contributed by atoms with Gasteiger partial charge in [0.2, 0.25) is 5.91 Å². The van der Waals surface area contributed by atoms with Gasteiger partial charge in [0, 0.05) is 9.77 Å². The van der Waals surface area contributed by atoms with Crippen molar-refractivity contribution < 1.29 is 19.5 Å². The van der Waals surface area contributed by atoms with E-state index in [-0.39, 0.29) is 17.2 Å². The van der Waals surface area contributed by atoms with Gasteiger partial charge in [-0.3, -0.25) is 9.59 Å². The molecule has 3 rings (SSSR count). The summed E-state index contributed by atoms with van der Waals surface area (Å²) in [5.74, 6) is -1.77. The normalized spacial score (nSPS) is 26.4. The minimum atomic E-state index is -1.03. The molecular weight excluding hydrogens is 408 g/mol. The van der Waals surface area contributed by atoms with Gasteiger partial charge in [-0.15, -0.1) is 23.5 Å². The molecule has 0 saturated carbocycles. The Balaban J connectivity index is 1.76. The minimum Gasteiger partial charge on any atom is -0.480 e. The first kappa shape index (κ1) is 20.1. The maximum absolute atomic E-state index is 12.7. The number of carboxylic acids is 1. The second-order valence-corrected chi connectivity index (χ2v) is 9.81. The smallest absolute Gasteiger partial charge is 0.327 e. The van der Waals surface area contributed by atoms with Crippen molar-refractivity contribution in [2.24, 2.45) is 0 Å². The predicted octanol–water partition coefficient (Wildman–Crippen LogP) is 2.68. The lowest BCUT2D eigenvalue weighted by Gasteiger charge is -2.43. The van der Waals surface area contributed by atoms with Crippen LogP contribution in [0.1, 0.15) is 19.4 Å². The summed E-state index contributed by atoms with van der Waals surface area (Å²) in [5.41, 5.74) is 0.711. The molecule has 3 atom stereocenters. The van der Waals surface area contributed by atoms with Crippen LogP contribution in [-0.4, -0.2) is 56.3 Å². The highest BCUT2D eigenvalue weighted by Crippen LogP contribution is 2.50. The maximum atomic E-state index is 12.7. The molecule has 2 N–H and O–H groups in total. The van der Waals surface area contributed by atoms with E-state index in [1.807, 2.05) is 6.07 Å². The molecule has 2 aliphatic rings. The lowest BCUT2D eigenvalue weighted by Crippen LogP contribution is -2.70. The van der Waals surface area contributed by atoms with Gasteiger partial charge < -0.3 is 15.3 Å². The Bertz CT molecular complexity index is 842. The Kier molecular flexibility index (Phi) is 5.52. The summed E-state index contributed by atoms with van der Waals surface area (Å²) >= 11 is 8.79. The molecule has 2 amide bonds. The van der Waals surface area contributed by atoms with E-state index in [2.05, 4.69) is 5.32 Å². The molecular formula is C18H19ClN2O4S2. The zero-order valence-electron chi connectivity index (χ0n) is 14.9. The predicted molar refractivity (Wildman–Crippen MR) is 109 cm³/mol. The number of hydrogen-bond acceptors (Lipinski definition) is 5. The number of rotatable bonds is 5. The van der Waals surface area contributed by atoms with Crippen molar-refractivity contribution in [1.29, 1.82) is 0 Å². The van der Waals surface area contributed by atoms with Crippen molar-refractivity contribution in [3.63, 3.8) is 0 Å². The average Bonchev–Trinajstić information content (AvgIpc) is 2.87. The molecule has 1 aromatic rings. The highest BCUT2D eigenvalue weighted by atomic mass is 35.5.